The normalized spacial score (nSPS) is 12.1. The lowest BCUT2D eigenvalue weighted by atomic mass is 10.1. The summed E-state index contributed by atoms with van der Waals surface area (Å²) in [6.45, 7) is 1.87. The summed E-state index contributed by atoms with van der Waals surface area (Å²) in [6, 6.07) is 7.13. The first kappa shape index (κ1) is 13.0. The number of Topliss-reactive ketones (excluding diaryl/α,β-unsaturated/α-hetero) is 1. The van der Waals surface area contributed by atoms with Gasteiger partial charge >= 0.3 is 0 Å². The van der Waals surface area contributed by atoms with Crippen LogP contribution < -0.4 is 4.74 Å². The number of carbonyl (C=O) groups excluding carboxylic acids is 1. The van der Waals surface area contributed by atoms with Crippen LogP contribution in [0.4, 0.5) is 0 Å². The third kappa shape index (κ3) is 3.08. The summed E-state index contributed by atoms with van der Waals surface area (Å²) >= 11 is 2.73. The molecule has 0 aliphatic carbocycles. The predicted molar refractivity (Wildman–Crippen MR) is 72.6 cm³/mol. The summed E-state index contributed by atoms with van der Waals surface area (Å²) in [5.74, 6) is 0.828. The highest BCUT2D eigenvalue weighted by Crippen LogP contribution is 2.26. The van der Waals surface area contributed by atoms with Crippen molar-refractivity contribution in [3.63, 3.8) is 0 Å². The monoisotopic (exact) mass is 280 g/mol. The van der Waals surface area contributed by atoms with Gasteiger partial charge in [-0.3, -0.25) is 4.79 Å². The number of rotatable bonds is 5. The van der Waals surface area contributed by atoms with E-state index in [0.29, 0.717) is 5.56 Å². The van der Waals surface area contributed by atoms with Crippen LogP contribution in [0.2, 0.25) is 0 Å². The van der Waals surface area contributed by atoms with Crippen LogP contribution in [0.1, 0.15) is 17.3 Å². The molecule has 0 aliphatic heterocycles. The van der Waals surface area contributed by atoms with Gasteiger partial charge in [0.15, 0.2) is 10.1 Å². The minimum absolute atomic E-state index is 0.0813. The Hall–Kier alpha value is -1.40. The molecule has 0 bridgehead atoms. The molecule has 94 valence electrons. The minimum atomic E-state index is -0.175. The van der Waals surface area contributed by atoms with E-state index in [1.54, 1.807) is 31.4 Å². The van der Waals surface area contributed by atoms with Crippen molar-refractivity contribution in [1.29, 1.82) is 0 Å². The Morgan fingerprint density at radius 3 is 2.67 bits per heavy atom. The van der Waals surface area contributed by atoms with Gasteiger partial charge < -0.3 is 4.74 Å². The lowest BCUT2D eigenvalue weighted by molar-refractivity contribution is 0.0994. The van der Waals surface area contributed by atoms with Gasteiger partial charge in [0.1, 0.15) is 12.1 Å². The first-order valence-electron chi connectivity index (χ1n) is 5.32. The lowest BCUT2D eigenvalue weighted by Gasteiger charge is -2.08. The maximum Gasteiger partial charge on any atom is 0.175 e. The van der Waals surface area contributed by atoms with Crippen LogP contribution in [0.25, 0.3) is 0 Å². The van der Waals surface area contributed by atoms with Crippen molar-refractivity contribution in [1.82, 2.24) is 9.36 Å². The van der Waals surface area contributed by atoms with Crippen LogP contribution in [0.15, 0.2) is 34.9 Å². The molecule has 6 heteroatoms. The largest absolute Gasteiger partial charge is 0.497 e. The second kappa shape index (κ2) is 5.97. The van der Waals surface area contributed by atoms with Gasteiger partial charge in [0.25, 0.3) is 0 Å². The average Bonchev–Trinajstić information content (AvgIpc) is 2.91. The smallest absolute Gasteiger partial charge is 0.175 e. The lowest BCUT2D eigenvalue weighted by Crippen LogP contribution is -2.13. The van der Waals surface area contributed by atoms with Gasteiger partial charge in [0, 0.05) is 5.56 Å². The summed E-state index contributed by atoms with van der Waals surface area (Å²) in [7, 11) is 1.60. The molecular weight excluding hydrogens is 268 g/mol. The number of hydrogen-bond donors (Lipinski definition) is 0. The van der Waals surface area contributed by atoms with E-state index in [0.717, 1.165) is 10.1 Å². The fraction of sp³-hybridized carbons (Fsp3) is 0.250. The molecule has 4 nitrogen and oxygen atoms in total. The number of carbonyl (C=O) groups is 1. The molecule has 1 unspecified atom stereocenters. The maximum absolute atomic E-state index is 12.2. The molecular formula is C12H12N2O2S2. The van der Waals surface area contributed by atoms with Crippen LogP contribution >= 0.6 is 23.3 Å². The van der Waals surface area contributed by atoms with Gasteiger partial charge in [-0.15, -0.1) is 0 Å². The minimum Gasteiger partial charge on any atom is -0.497 e. The van der Waals surface area contributed by atoms with Gasteiger partial charge in [-0.1, -0.05) is 11.8 Å². The quantitative estimate of drug-likeness (QED) is 0.622. The van der Waals surface area contributed by atoms with E-state index in [1.165, 1.54) is 29.6 Å². The number of thioether (sulfide) groups is 1. The fourth-order valence-corrected chi connectivity index (χ4v) is 3.08. The Balaban J connectivity index is 2.05. The van der Waals surface area contributed by atoms with E-state index in [-0.39, 0.29) is 11.0 Å². The third-order valence-electron chi connectivity index (χ3n) is 2.36. The second-order valence-electron chi connectivity index (χ2n) is 3.56. The highest BCUT2D eigenvalue weighted by molar-refractivity contribution is 8.02. The van der Waals surface area contributed by atoms with Crippen LogP contribution in [-0.2, 0) is 0 Å². The molecule has 0 amide bonds. The van der Waals surface area contributed by atoms with Crippen LogP contribution in [0.3, 0.4) is 0 Å². The van der Waals surface area contributed by atoms with Gasteiger partial charge in [-0.25, -0.2) is 4.98 Å². The SMILES string of the molecule is COc1ccc(C(=O)C(C)Sc2ncns2)cc1. The topological polar surface area (TPSA) is 52.1 Å². The van der Waals surface area contributed by atoms with E-state index in [4.69, 9.17) is 4.74 Å². The Labute approximate surface area is 114 Å². The zero-order chi connectivity index (χ0) is 13.0. The van der Waals surface area contributed by atoms with Gasteiger partial charge in [0.05, 0.1) is 12.4 Å². The molecule has 0 saturated carbocycles. The van der Waals surface area contributed by atoms with E-state index >= 15 is 0 Å². The molecule has 1 aromatic heterocycles. The fourth-order valence-electron chi connectivity index (χ4n) is 1.41. The number of hydrogen-bond acceptors (Lipinski definition) is 6. The highest BCUT2D eigenvalue weighted by atomic mass is 32.2. The van der Waals surface area contributed by atoms with Crippen molar-refractivity contribution in [2.24, 2.45) is 0 Å². The molecule has 1 atom stereocenters. The van der Waals surface area contributed by atoms with E-state index < -0.39 is 0 Å². The van der Waals surface area contributed by atoms with Crippen molar-refractivity contribution in [2.45, 2.75) is 16.5 Å². The molecule has 2 aromatic rings. The zero-order valence-electron chi connectivity index (χ0n) is 9.99. The Kier molecular flexibility index (Phi) is 4.33. The summed E-state index contributed by atoms with van der Waals surface area (Å²) in [5.41, 5.74) is 0.681. The Morgan fingerprint density at radius 1 is 1.39 bits per heavy atom. The standard InChI is InChI=1S/C12H12N2O2S2/c1-8(17-12-13-7-14-18-12)11(15)9-3-5-10(16-2)6-4-9/h3-8H,1-2H3. The molecule has 2 rings (SSSR count). The molecule has 0 aliphatic rings. The molecule has 1 aromatic carbocycles. The summed E-state index contributed by atoms with van der Waals surface area (Å²) < 4.78 is 9.78. The van der Waals surface area contributed by atoms with Crippen molar-refractivity contribution in [2.75, 3.05) is 7.11 Å². The van der Waals surface area contributed by atoms with Crippen LogP contribution in [0.5, 0.6) is 5.75 Å². The average molecular weight is 280 g/mol. The number of nitrogens with zero attached hydrogens (tertiary/aromatic N) is 2. The molecule has 0 radical (unpaired) electrons. The van der Waals surface area contributed by atoms with Crippen molar-refractivity contribution in [3.05, 3.63) is 36.2 Å². The zero-order valence-corrected chi connectivity index (χ0v) is 11.6. The summed E-state index contributed by atoms with van der Waals surface area (Å²) in [4.78, 5) is 16.2. The third-order valence-corrected chi connectivity index (χ3v) is 4.21. The number of ketones is 1. The number of ether oxygens (including phenoxy) is 1. The van der Waals surface area contributed by atoms with Crippen LogP contribution in [0, 0.1) is 0 Å². The first-order valence-corrected chi connectivity index (χ1v) is 6.97. The summed E-state index contributed by atoms with van der Waals surface area (Å²) in [5, 5.41) is -0.175. The maximum atomic E-state index is 12.2. The highest BCUT2D eigenvalue weighted by Gasteiger charge is 2.17. The molecule has 18 heavy (non-hydrogen) atoms. The van der Waals surface area contributed by atoms with E-state index in [1.807, 2.05) is 6.92 Å². The summed E-state index contributed by atoms with van der Waals surface area (Å²) in [6.07, 6.45) is 1.50. The van der Waals surface area contributed by atoms with Gasteiger partial charge in [-0.05, 0) is 42.7 Å². The number of aromatic nitrogens is 2. The van der Waals surface area contributed by atoms with Gasteiger partial charge in [-0.2, -0.15) is 4.37 Å². The van der Waals surface area contributed by atoms with E-state index in [9.17, 15) is 4.79 Å². The van der Waals surface area contributed by atoms with Crippen LogP contribution in [-0.4, -0.2) is 27.5 Å². The number of benzene rings is 1. The van der Waals surface area contributed by atoms with Crippen molar-refractivity contribution < 1.29 is 9.53 Å². The second-order valence-corrected chi connectivity index (χ2v) is 5.93. The van der Waals surface area contributed by atoms with Crippen molar-refractivity contribution >= 4 is 29.1 Å². The first-order chi connectivity index (χ1) is 8.70. The Morgan fingerprint density at radius 2 is 2.11 bits per heavy atom. The van der Waals surface area contributed by atoms with Crippen molar-refractivity contribution in [3.8, 4) is 5.75 Å². The Bertz CT molecular complexity index is 511. The number of methoxy groups -OCH3 is 1. The van der Waals surface area contributed by atoms with Gasteiger partial charge in [0.2, 0.25) is 0 Å². The molecule has 1 heterocycles. The molecule has 0 saturated heterocycles. The molecule has 0 spiro atoms. The van der Waals surface area contributed by atoms with E-state index in [2.05, 4.69) is 9.36 Å². The molecule has 0 N–H and O–H groups in total. The molecule has 0 fully saturated rings. The predicted octanol–water partition coefficient (Wildman–Crippen LogP) is 2.91.